The van der Waals surface area contributed by atoms with Gasteiger partial charge in [-0.3, -0.25) is 20.0 Å². The fourth-order valence-corrected chi connectivity index (χ4v) is 2.11. The van der Waals surface area contributed by atoms with Crippen LogP contribution in [0.15, 0.2) is 16.9 Å². The number of anilines is 1. The van der Waals surface area contributed by atoms with Crippen LogP contribution in [0.25, 0.3) is 0 Å². The number of rotatable bonds is 3. The SMILES string of the molecule is Cc1ccc(C(=O)Nc2n[nH]c(C3CCC3)n2)c(=O)[nH]1. The smallest absolute Gasteiger partial charge is 0.263 e. The van der Waals surface area contributed by atoms with E-state index in [2.05, 4.69) is 25.5 Å². The maximum Gasteiger partial charge on any atom is 0.263 e. The molecule has 0 atom stereocenters. The molecule has 7 nitrogen and oxygen atoms in total. The van der Waals surface area contributed by atoms with Crippen molar-refractivity contribution in [3.63, 3.8) is 0 Å². The molecule has 3 N–H and O–H groups in total. The molecular formula is C13H15N5O2. The van der Waals surface area contributed by atoms with Crippen molar-refractivity contribution in [2.45, 2.75) is 32.1 Å². The van der Waals surface area contributed by atoms with E-state index in [9.17, 15) is 9.59 Å². The van der Waals surface area contributed by atoms with Crippen molar-refractivity contribution in [1.82, 2.24) is 20.2 Å². The lowest BCUT2D eigenvalue weighted by Gasteiger charge is -2.22. The number of nitrogens with one attached hydrogen (secondary N) is 3. The van der Waals surface area contributed by atoms with Crippen LogP contribution in [0.1, 0.15) is 47.1 Å². The van der Waals surface area contributed by atoms with Gasteiger partial charge in [0.15, 0.2) is 0 Å². The Kier molecular flexibility index (Phi) is 3.09. The minimum atomic E-state index is -0.509. The van der Waals surface area contributed by atoms with Gasteiger partial charge in [-0.05, 0) is 31.9 Å². The van der Waals surface area contributed by atoms with E-state index in [1.54, 1.807) is 13.0 Å². The average molecular weight is 273 g/mol. The molecular weight excluding hydrogens is 258 g/mol. The first-order valence-electron chi connectivity index (χ1n) is 6.57. The number of aromatic nitrogens is 4. The Hall–Kier alpha value is -2.44. The Morgan fingerprint density at radius 3 is 2.85 bits per heavy atom. The molecule has 1 aliphatic rings. The van der Waals surface area contributed by atoms with Crippen LogP contribution < -0.4 is 10.9 Å². The number of hydrogen-bond acceptors (Lipinski definition) is 4. The molecule has 1 fully saturated rings. The van der Waals surface area contributed by atoms with Gasteiger partial charge in [0.05, 0.1) is 0 Å². The number of aromatic amines is 2. The molecule has 0 aliphatic heterocycles. The number of carbonyl (C=O) groups is 1. The molecule has 2 aromatic heterocycles. The molecule has 104 valence electrons. The molecule has 0 unspecified atom stereocenters. The summed E-state index contributed by atoms with van der Waals surface area (Å²) in [6, 6.07) is 3.16. The van der Waals surface area contributed by atoms with Gasteiger partial charge in [-0.15, -0.1) is 5.10 Å². The number of nitrogens with zero attached hydrogens (tertiary/aromatic N) is 2. The molecule has 0 saturated heterocycles. The highest BCUT2D eigenvalue weighted by Gasteiger charge is 2.23. The van der Waals surface area contributed by atoms with Crippen LogP contribution in [0.5, 0.6) is 0 Å². The van der Waals surface area contributed by atoms with E-state index in [-0.39, 0.29) is 11.5 Å². The monoisotopic (exact) mass is 273 g/mol. The number of H-pyrrole nitrogens is 2. The number of hydrogen-bond donors (Lipinski definition) is 3. The van der Waals surface area contributed by atoms with Gasteiger partial charge >= 0.3 is 0 Å². The van der Waals surface area contributed by atoms with Crippen molar-refractivity contribution in [3.05, 3.63) is 39.6 Å². The summed E-state index contributed by atoms with van der Waals surface area (Å²) in [6.45, 7) is 1.75. The fraction of sp³-hybridized carbons (Fsp3) is 0.385. The number of aryl methyl sites for hydroxylation is 1. The second-order valence-corrected chi connectivity index (χ2v) is 5.01. The van der Waals surface area contributed by atoms with Crippen molar-refractivity contribution in [2.75, 3.05) is 5.32 Å². The first-order valence-corrected chi connectivity index (χ1v) is 6.57. The van der Waals surface area contributed by atoms with Crippen molar-refractivity contribution in [2.24, 2.45) is 0 Å². The van der Waals surface area contributed by atoms with E-state index in [1.165, 1.54) is 12.5 Å². The van der Waals surface area contributed by atoms with Gasteiger partial charge in [-0.2, -0.15) is 4.98 Å². The summed E-state index contributed by atoms with van der Waals surface area (Å²) in [5.41, 5.74) is 0.333. The maximum absolute atomic E-state index is 12.0. The van der Waals surface area contributed by atoms with Crippen molar-refractivity contribution in [1.29, 1.82) is 0 Å². The van der Waals surface area contributed by atoms with Crippen LogP contribution in [-0.2, 0) is 0 Å². The Morgan fingerprint density at radius 2 is 2.20 bits per heavy atom. The highest BCUT2D eigenvalue weighted by atomic mass is 16.2. The van der Waals surface area contributed by atoms with Crippen LogP contribution in [0, 0.1) is 6.92 Å². The van der Waals surface area contributed by atoms with Crippen LogP contribution in [0.4, 0.5) is 5.95 Å². The normalized spacial score (nSPS) is 14.8. The van der Waals surface area contributed by atoms with E-state index >= 15 is 0 Å². The summed E-state index contributed by atoms with van der Waals surface area (Å²) in [4.78, 5) is 30.5. The zero-order valence-corrected chi connectivity index (χ0v) is 11.1. The summed E-state index contributed by atoms with van der Waals surface area (Å²) in [6.07, 6.45) is 3.40. The topological polar surface area (TPSA) is 104 Å². The van der Waals surface area contributed by atoms with E-state index < -0.39 is 11.5 Å². The zero-order valence-electron chi connectivity index (χ0n) is 11.1. The summed E-state index contributed by atoms with van der Waals surface area (Å²) in [5, 5.41) is 9.31. The minimum Gasteiger partial charge on any atom is -0.326 e. The molecule has 0 aromatic carbocycles. The molecule has 1 amide bonds. The quantitative estimate of drug-likeness (QED) is 0.784. The lowest BCUT2D eigenvalue weighted by Crippen LogP contribution is -2.23. The Balaban J connectivity index is 1.75. The largest absolute Gasteiger partial charge is 0.326 e. The predicted octanol–water partition coefficient (Wildman–Crippen LogP) is 1.32. The van der Waals surface area contributed by atoms with Gasteiger partial charge in [0.25, 0.3) is 11.5 Å². The number of amides is 1. The van der Waals surface area contributed by atoms with E-state index in [0.29, 0.717) is 11.6 Å². The molecule has 0 bridgehead atoms. The van der Waals surface area contributed by atoms with Crippen LogP contribution in [-0.4, -0.2) is 26.1 Å². The maximum atomic E-state index is 12.0. The number of carbonyl (C=O) groups excluding carboxylic acids is 1. The Labute approximate surface area is 114 Å². The molecule has 1 saturated carbocycles. The Bertz CT molecular complexity index is 699. The zero-order chi connectivity index (χ0) is 14.1. The third-order valence-electron chi connectivity index (χ3n) is 3.52. The van der Waals surface area contributed by atoms with Crippen LogP contribution >= 0.6 is 0 Å². The van der Waals surface area contributed by atoms with Gasteiger partial charge in [-0.1, -0.05) is 6.42 Å². The summed E-state index contributed by atoms with van der Waals surface area (Å²) in [7, 11) is 0. The summed E-state index contributed by atoms with van der Waals surface area (Å²) in [5.74, 6) is 0.905. The predicted molar refractivity (Wildman–Crippen MR) is 72.7 cm³/mol. The molecule has 3 rings (SSSR count). The second kappa shape index (κ2) is 4.92. The summed E-state index contributed by atoms with van der Waals surface area (Å²) < 4.78 is 0. The van der Waals surface area contributed by atoms with Gasteiger partial charge in [0.2, 0.25) is 5.95 Å². The van der Waals surface area contributed by atoms with Crippen LogP contribution in [0.2, 0.25) is 0 Å². The first-order chi connectivity index (χ1) is 9.63. The van der Waals surface area contributed by atoms with Gasteiger partial charge in [0, 0.05) is 11.6 Å². The molecule has 0 spiro atoms. The number of pyridine rings is 1. The average Bonchev–Trinajstić information content (AvgIpc) is 2.74. The standard InChI is InChI=1S/C13H15N5O2/c1-7-5-6-9(11(19)14-7)12(20)16-13-15-10(17-18-13)8-3-2-4-8/h5-6,8H,2-4H2,1H3,(H,14,19)(H2,15,16,17,18,20). The highest BCUT2D eigenvalue weighted by molar-refractivity contribution is 6.02. The van der Waals surface area contributed by atoms with Crippen molar-refractivity contribution in [3.8, 4) is 0 Å². The van der Waals surface area contributed by atoms with Gasteiger partial charge in [-0.25, -0.2) is 0 Å². The fourth-order valence-electron chi connectivity index (χ4n) is 2.11. The van der Waals surface area contributed by atoms with Gasteiger partial charge in [0.1, 0.15) is 11.4 Å². The molecule has 0 radical (unpaired) electrons. The third-order valence-corrected chi connectivity index (χ3v) is 3.52. The van der Waals surface area contributed by atoms with E-state index in [4.69, 9.17) is 0 Å². The molecule has 2 heterocycles. The Morgan fingerprint density at radius 1 is 1.40 bits per heavy atom. The molecule has 20 heavy (non-hydrogen) atoms. The molecule has 7 heteroatoms. The first kappa shape index (κ1) is 12.6. The van der Waals surface area contributed by atoms with Crippen LogP contribution in [0.3, 0.4) is 0 Å². The van der Waals surface area contributed by atoms with E-state index in [1.807, 2.05) is 0 Å². The van der Waals surface area contributed by atoms with Crippen molar-refractivity contribution >= 4 is 11.9 Å². The molecule has 1 aliphatic carbocycles. The van der Waals surface area contributed by atoms with Crippen molar-refractivity contribution < 1.29 is 4.79 Å². The lowest BCUT2D eigenvalue weighted by atomic mass is 9.85. The van der Waals surface area contributed by atoms with E-state index in [0.717, 1.165) is 18.7 Å². The van der Waals surface area contributed by atoms with Gasteiger partial charge < -0.3 is 4.98 Å². The highest BCUT2D eigenvalue weighted by Crippen LogP contribution is 2.34. The molecule has 2 aromatic rings. The third kappa shape index (κ3) is 2.34. The second-order valence-electron chi connectivity index (χ2n) is 5.01. The minimum absolute atomic E-state index is 0.0468. The lowest BCUT2D eigenvalue weighted by molar-refractivity contribution is 0.102. The summed E-state index contributed by atoms with van der Waals surface area (Å²) >= 11 is 0.